The number of nitrogens with zero attached hydrogens (tertiary/aromatic N) is 1. The topological polar surface area (TPSA) is 99.1 Å². The van der Waals surface area contributed by atoms with Gasteiger partial charge in [-0.1, -0.05) is 177 Å². The van der Waals surface area contributed by atoms with Crippen LogP contribution in [-0.2, 0) is 28.6 Å². The molecule has 0 aliphatic carbocycles. The van der Waals surface area contributed by atoms with Crippen LogP contribution in [0.3, 0.4) is 0 Å². The van der Waals surface area contributed by atoms with Gasteiger partial charge in [-0.15, -0.1) is 0 Å². The molecule has 340 valence electrons. The van der Waals surface area contributed by atoms with Gasteiger partial charge in [0.2, 0.25) is 0 Å². The van der Waals surface area contributed by atoms with Crippen molar-refractivity contribution in [2.24, 2.45) is 0 Å². The molecule has 8 nitrogen and oxygen atoms in total. The smallest absolute Gasteiger partial charge is 0.362 e. The molecule has 0 aromatic carbocycles. The van der Waals surface area contributed by atoms with Crippen molar-refractivity contribution in [2.75, 3.05) is 41.0 Å². The van der Waals surface area contributed by atoms with E-state index in [0.717, 1.165) is 64.2 Å². The number of rotatable bonds is 42. The molecule has 8 heteroatoms. The molecular weight excluding hydrogens is 739 g/mol. The van der Waals surface area contributed by atoms with Crippen molar-refractivity contribution in [2.45, 2.75) is 206 Å². The van der Waals surface area contributed by atoms with E-state index in [2.05, 4.69) is 50.3 Å². The Morgan fingerprint density at radius 2 is 0.966 bits per heavy atom. The number of aliphatic carboxylic acids is 1. The Morgan fingerprint density at radius 1 is 0.525 bits per heavy atom. The standard InChI is InChI=1S/C51H89NO7/c1-6-8-10-12-14-16-18-20-22-23-24-25-26-28-30-32-34-36-38-40-42-50(54)59-47(45-57-44-43-48(51(55)56)52(3,4)5)46-58-49(53)41-39-37-35-33-31-29-27-21-19-17-15-13-11-9-7-2/h9,11,13,15,17,19,21,24-25,27,47-48H,6-8,10,12,14,16,18,20,22-23,26,28-46H2,1-5H3/p+1/b11-9+,15-13+,19-17+,25-24+,27-21+. The summed E-state index contributed by atoms with van der Waals surface area (Å²) in [6, 6.07) is -0.621. The summed E-state index contributed by atoms with van der Waals surface area (Å²) in [6.07, 6.45) is 51.2. The van der Waals surface area contributed by atoms with Crippen molar-refractivity contribution >= 4 is 17.9 Å². The lowest BCUT2D eigenvalue weighted by Gasteiger charge is -2.31. The van der Waals surface area contributed by atoms with E-state index in [4.69, 9.17) is 14.2 Å². The second-order valence-corrected chi connectivity index (χ2v) is 17.1. The first-order chi connectivity index (χ1) is 28.6. The highest BCUT2D eigenvalue weighted by atomic mass is 16.6. The lowest BCUT2D eigenvalue weighted by molar-refractivity contribution is -0.887. The van der Waals surface area contributed by atoms with Crippen molar-refractivity contribution in [1.82, 2.24) is 0 Å². The summed E-state index contributed by atoms with van der Waals surface area (Å²) in [6.45, 7) is 4.57. The van der Waals surface area contributed by atoms with Gasteiger partial charge in [-0.2, -0.15) is 0 Å². The van der Waals surface area contributed by atoms with Gasteiger partial charge in [0.1, 0.15) is 6.61 Å². The third kappa shape index (κ3) is 40.2. The van der Waals surface area contributed by atoms with Crippen molar-refractivity contribution in [1.29, 1.82) is 0 Å². The summed E-state index contributed by atoms with van der Waals surface area (Å²) >= 11 is 0. The van der Waals surface area contributed by atoms with Gasteiger partial charge in [-0.25, -0.2) is 4.79 Å². The van der Waals surface area contributed by atoms with Gasteiger partial charge in [0, 0.05) is 19.3 Å². The van der Waals surface area contributed by atoms with Crippen LogP contribution in [0.25, 0.3) is 0 Å². The molecule has 0 amide bonds. The predicted octanol–water partition coefficient (Wildman–Crippen LogP) is 13.4. The fourth-order valence-corrected chi connectivity index (χ4v) is 6.80. The van der Waals surface area contributed by atoms with E-state index in [9.17, 15) is 19.5 Å². The van der Waals surface area contributed by atoms with Crippen LogP contribution in [0.2, 0.25) is 0 Å². The molecule has 0 fully saturated rings. The Kier molecular flexibility index (Phi) is 39.6. The summed E-state index contributed by atoms with van der Waals surface area (Å²) < 4.78 is 17.3. The fraction of sp³-hybridized carbons (Fsp3) is 0.745. The van der Waals surface area contributed by atoms with Crippen LogP contribution in [0.1, 0.15) is 194 Å². The number of esters is 2. The van der Waals surface area contributed by atoms with Gasteiger partial charge in [-0.05, 0) is 57.8 Å². The Hall–Kier alpha value is -2.97. The Balaban J connectivity index is 4.32. The first-order valence-corrected chi connectivity index (χ1v) is 23.9. The molecule has 0 aliphatic heterocycles. The zero-order valence-corrected chi connectivity index (χ0v) is 38.7. The molecule has 0 bridgehead atoms. The average Bonchev–Trinajstić information content (AvgIpc) is 3.19. The van der Waals surface area contributed by atoms with Crippen LogP contribution in [0.5, 0.6) is 0 Å². The second kappa shape index (κ2) is 41.8. The molecule has 0 rings (SSSR count). The molecule has 1 N–H and O–H groups in total. The number of carbonyl (C=O) groups is 3. The number of likely N-dealkylation sites (N-methyl/N-ethyl adjacent to an activating group) is 1. The minimum absolute atomic E-state index is 0.0498. The number of allylic oxidation sites excluding steroid dienone is 10. The van der Waals surface area contributed by atoms with Gasteiger partial charge in [0.15, 0.2) is 12.1 Å². The van der Waals surface area contributed by atoms with Crippen molar-refractivity contribution in [3.8, 4) is 0 Å². The van der Waals surface area contributed by atoms with Crippen LogP contribution in [0.4, 0.5) is 0 Å². The number of quaternary nitrogens is 1. The minimum atomic E-state index is -0.880. The molecule has 0 spiro atoms. The van der Waals surface area contributed by atoms with Crippen molar-refractivity contribution in [3.05, 3.63) is 60.8 Å². The number of hydrogen-bond donors (Lipinski definition) is 1. The maximum Gasteiger partial charge on any atom is 0.362 e. The number of unbranched alkanes of at least 4 members (excludes halogenated alkanes) is 21. The Labute approximate surface area is 362 Å². The van der Waals surface area contributed by atoms with E-state index in [1.807, 2.05) is 45.4 Å². The van der Waals surface area contributed by atoms with Crippen LogP contribution >= 0.6 is 0 Å². The molecule has 59 heavy (non-hydrogen) atoms. The zero-order chi connectivity index (χ0) is 43.5. The maximum absolute atomic E-state index is 12.8. The van der Waals surface area contributed by atoms with Crippen LogP contribution in [-0.4, -0.2) is 80.6 Å². The monoisotopic (exact) mass is 829 g/mol. The van der Waals surface area contributed by atoms with Gasteiger partial charge in [-0.3, -0.25) is 9.59 Å². The number of carboxylic acid groups (broad SMARTS) is 1. The molecule has 0 saturated carbocycles. The van der Waals surface area contributed by atoms with Crippen LogP contribution < -0.4 is 0 Å². The minimum Gasteiger partial charge on any atom is -0.477 e. The highest BCUT2D eigenvalue weighted by Gasteiger charge is 2.31. The highest BCUT2D eigenvalue weighted by molar-refractivity contribution is 5.72. The summed E-state index contributed by atoms with van der Waals surface area (Å²) in [4.78, 5) is 37.1. The van der Waals surface area contributed by atoms with E-state index in [1.54, 1.807) is 0 Å². The maximum atomic E-state index is 12.8. The summed E-state index contributed by atoms with van der Waals surface area (Å²) in [7, 11) is 5.52. The molecule has 0 aromatic heterocycles. The SMILES string of the molecule is CC/C=C/C=C/C=C/C=C/CCCCCCCC(=O)OCC(COCCC(C(=O)O)[N+](C)(C)C)OC(=O)CCCCCCCCC/C=C/CCCCCCCCCCC. The molecular formula is C51H90NO7+. The number of carboxylic acids is 1. The third-order valence-electron chi connectivity index (χ3n) is 10.5. The average molecular weight is 829 g/mol. The van der Waals surface area contributed by atoms with Crippen molar-refractivity contribution < 1.29 is 38.2 Å². The summed E-state index contributed by atoms with van der Waals surface area (Å²) in [5, 5.41) is 9.63. The third-order valence-corrected chi connectivity index (χ3v) is 10.5. The van der Waals surface area contributed by atoms with Gasteiger partial charge >= 0.3 is 17.9 Å². The lowest BCUT2D eigenvalue weighted by atomic mass is 10.1. The van der Waals surface area contributed by atoms with E-state index in [-0.39, 0.29) is 36.2 Å². The highest BCUT2D eigenvalue weighted by Crippen LogP contribution is 2.14. The van der Waals surface area contributed by atoms with E-state index in [0.29, 0.717) is 19.3 Å². The molecule has 0 radical (unpaired) electrons. The number of hydrogen-bond acceptors (Lipinski definition) is 6. The molecule has 0 aromatic rings. The van der Waals surface area contributed by atoms with Crippen LogP contribution in [0, 0.1) is 0 Å². The zero-order valence-electron chi connectivity index (χ0n) is 38.7. The largest absolute Gasteiger partial charge is 0.477 e. The molecule has 2 atom stereocenters. The van der Waals surface area contributed by atoms with E-state index >= 15 is 0 Å². The van der Waals surface area contributed by atoms with E-state index in [1.165, 1.54) is 96.3 Å². The second-order valence-electron chi connectivity index (χ2n) is 17.1. The van der Waals surface area contributed by atoms with Gasteiger partial charge in [0.05, 0.1) is 34.4 Å². The molecule has 0 saturated heterocycles. The number of carbonyl (C=O) groups excluding carboxylic acids is 2. The predicted molar refractivity (Wildman–Crippen MR) is 247 cm³/mol. The molecule has 0 aliphatic rings. The van der Waals surface area contributed by atoms with Crippen LogP contribution in [0.15, 0.2) is 60.8 Å². The van der Waals surface area contributed by atoms with Gasteiger partial charge < -0.3 is 23.8 Å². The molecule has 2 unspecified atom stereocenters. The summed E-state index contributed by atoms with van der Waals surface area (Å²) in [5.41, 5.74) is 0. The number of ether oxygens (including phenoxy) is 3. The Morgan fingerprint density at radius 3 is 1.46 bits per heavy atom. The van der Waals surface area contributed by atoms with Gasteiger partial charge in [0.25, 0.3) is 0 Å². The fourth-order valence-electron chi connectivity index (χ4n) is 6.80. The normalized spacial score (nSPS) is 13.4. The molecule has 0 heterocycles. The quantitative estimate of drug-likeness (QED) is 0.0215. The van der Waals surface area contributed by atoms with E-state index < -0.39 is 18.1 Å². The summed E-state index contributed by atoms with van der Waals surface area (Å²) in [5.74, 6) is -1.50. The first-order valence-electron chi connectivity index (χ1n) is 23.9. The van der Waals surface area contributed by atoms with Crippen molar-refractivity contribution in [3.63, 3.8) is 0 Å². The Bertz CT molecular complexity index is 1150. The lowest BCUT2D eigenvalue weighted by Crippen LogP contribution is -2.50. The first kappa shape index (κ1) is 56.0.